The Bertz CT molecular complexity index is 1050. The number of aromatic nitrogens is 3. The molecule has 0 radical (unpaired) electrons. The van der Waals surface area contributed by atoms with Crippen LogP contribution < -0.4 is 5.56 Å². The summed E-state index contributed by atoms with van der Waals surface area (Å²) in [7, 11) is 0. The van der Waals surface area contributed by atoms with Crippen LogP contribution in [0.4, 0.5) is 4.39 Å². The van der Waals surface area contributed by atoms with Crippen molar-refractivity contribution in [1.29, 1.82) is 0 Å². The average molecular weight is 376 g/mol. The molecule has 0 aliphatic carbocycles. The molecule has 142 valence electrons. The summed E-state index contributed by atoms with van der Waals surface area (Å²) in [5, 5.41) is 0. The van der Waals surface area contributed by atoms with Crippen molar-refractivity contribution in [2.24, 2.45) is 5.92 Å². The molecule has 0 N–H and O–H groups in total. The summed E-state index contributed by atoms with van der Waals surface area (Å²) in [5.41, 5.74) is 4.27. The highest BCUT2D eigenvalue weighted by molar-refractivity contribution is 5.65. The number of fused-ring (bicyclic) bond motifs is 4. The van der Waals surface area contributed by atoms with Gasteiger partial charge >= 0.3 is 0 Å². The van der Waals surface area contributed by atoms with E-state index in [0.717, 1.165) is 55.0 Å². The molecule has 0 unspecified atom stereocenters. The van der Waals surface area contributed by atoms with Crippen LogP contribution in [0.15, 0.2) is 59.9 Å². The van der Waals surface area contributed by atoms with Crippen LogP contribution >= 0.6 is 0 Å². The van der Waals surface area contributed by atoms with Gasteiger partial charge in [0, 0.05) is 67.4 Å². The van der Waals surface area contributed by atoms with E-state index in [2.05, 4.69) is 14.9 Å². The van der Waals surface area contributed by atoms with Gasteiger partial charge in [-0.15, -0.1) is 0 Å². The highest BCUT2D eigenvalue weighted by atomic mass is 19.1. The van der Waals surface area contributed by atoms with Crippen LogP contribution in [0, 0.1) is 11.7 Å². The molecule has 2 aliphatic heterocycles. The monoisotopic (exact) mass is 376 g/mol. The van der Waals surface area contributed by atoms with Crippen LogP contribution in [0.2, 0.25) is 0 Å². The lowest BCUT2D eigenvalue weighted by Gasteiger charge is -2.43. The van der Waals surface area contributed by atoms with Crippen molar-refractivity contribution in [3.8, 4) is 11.1 Å². The van der Waals surface area contributed by atoms with Gasteiger partial charge in [-0.25, -0.2) is 14.4 Å². The maximum Gasteiger partial charge on any atom is 0.250 e. The maximum atomic E-state index is 13.2. The molecule has 2 atom stereocenters. The van der Waals surface area contributed by atoms with Gasteiger partial charge in [0.25, 0.3) is 5.56 Å². The summed E-state index contributed by atoms with van der Waals surface area (Å²) in [6, 6.07) is 10.3. The van der Waals surface area contributed by atoms with Crippen LogP contribution in [0.5, 0.6) is 0 Å². The van der Waals surface area contributed by atoms with Crippen LogP contribution in [0.25, 0.3) is 11.1 Å². The summed E-state index contributed by atoms with van der Waals surface area (Å²) in [4.78, 5) is 23.3. The number of pyridine rings is 1. The second-order valence-electron chi connectivity index (χ2n) is 7.83. The van der Waals surface area contributed by atoms with E-state index in [4.69, 9.17) is 0 Å². The number of rotatable bonds is 3. The Morgan fingerprint density at radius 1 is 1.00 bits per heavy atom. The molecule has 2 aliphatic rings. The van der Waals surface area contributed by atoms with E-state index < -0.39 is 0 Å². The van der Waals surface area contributed by atoms with Gasteiger partial charge in [-0.1, -0.05) is 12.1 Å². The fraction of sp³-hybridized carbons (Fsp3) is 0.318. The number of likely N-dealkylation sites (tertiary alicyclic amines) is 1. The molecule has 6 heteroatoms. The lowest BCUT2D eigenvalue weighted by molar-refractivity contribution is 0.114. The number of halogens is 1. The fourth-order valence-electron chi connectivity index (χ4n) is 4.77. The molecule has 0 amide bonds. The maximum absolute atomic E-state index is 13.2. The third-order valence-electron chi connectivity index (χ3n) is 5.86. The summed E-state index contributed by atoms with van der Waals surface area (Å²) in [6.45, 7) is 3.39. The zero-order valence-electron chi connectivity index (χ0n) is 15.5. The Hall–Kier alpha value is -2.86. The Morgan fingerprint density at radius 3 is 2.57 bits per heavy atom. The fourth-order valence-corrected chi connectivity index (χ4v) is 4.77. The minimum atomic E-state index is -0.206. The highest BCUT2D eigenvalue weighted by Crippen LogP contribution is 2.39. The van der Waals surface area contributed by atoms with Crippen molar-refractivity contribution in [3.05, 3.63) is 82.5 Å². The number of nitrogens with zero attached hydrogens (tertiary/aromatic N) is 4. The molecule has 5 nitrogen and oxygen atoms in total. The molecule has 0 spiro atoms. The molecule has 1 saturated heterocycles. The molecule has 2 aromatic heterocycles. The Kier molecular flexibility index (Phi) is 4.28. The first-order valence-corrected chi connectivity index (χ1v) is 9.63. The molecular formula is C22H21FN4O. The van der Waals surface area contributed by atoms with Crippen molar-refractivity contribution in [1.82, 2.24) is 19.4 Å². The van der Waals surface area contributed by atoms with E-state index in [-0.39, 0.29) is 17.3 Å². The van der Waals surface area contributed by atoms with E-state index in [9.17, 15) is 9.18 Å². The molecule has 28 heavy (non-hydrogen) atoms. The molecule has 1 fully saturated rings. The molecule has 4 heterocycles. The van der Waals surface area contributed by atoms with Crippen molar-refractivity contribution in [2.45, 2.75) is 25.4 Å². The first kappa shape index (κ1) is 17.3. The van der Waals surface area contributed by atoms with Crippen molar-refractivity contribution >= 4 is 0 Å². The summed E-state index contributed by atoms with van der Waals surface area (Å²) < 4.78 is 15.2. The van der Waals surface area contributed by atoms with Crippen LogP contribution in [-0.2, 0) is 13.1 Å². The number of hydrogen-bond acceptors (Lipinski definition) is 4. The smallest absolute Gasteiger partial charge is 0.250 e. The SMILES string of the molecule is O=c1ccc(-c2cncnc2)c2n1C[C@@H]1C[C@@H]2CN(Cc2ccc(F)cc2)C1. The summed E-state index contributed by atoms with van der Waals surface area (Å²) in [6.07, 6.45) is 6.22. The van der Waals surface area contributed by atoms with Gasteiger partial charge in [-0.05, 0) is 36.1 Å². The molecule has 3 aromatic rings. The lowest BCUT2D eigenvalue weighted by Crippen LogP contribution is -2.47. The minimum Gasteiger partial charge on any atom is -0.311 e. The number of piperidine rings is 1. The van der Waals surface area contributed by atoms with Gasteiger partial charge in [0.15, 0.2) is 0 Å². The second kappa shape index (κ2) is 6.95. The number of hydrogen-bond donors (Lipinski definition) is 0. The van der Waals surface area contributed by atoms with Gasteiger partial charge in [-0.3, -0.25) is 9.69 Å². The molecule has 2 bridgehead atoms. The standard InChI is InChI=1S/C22H21FN4O/c23-19-3-1-15(2-4-19)10-26-11-16-7-17(13-26)22-20(18-8-24-14-25-9-18)5-6-21(28)27(22)12-16/h1-6,8-9,14,16-17H,7,10-13H2/t16-,17-/m1/s1. The van der Waals surface area contributed by atoms with Crippen molar-refractivity contribution in [2.75, 3.05) is 13.1 Å². The van der Waals surface area contributed by atoms with Gasteiger partial charge in [0.05, 0.1) is 0 Å². The first-order chi connectivity index (χ1) is 13.7. The van der Waals surface area contributed by atoms with Crippen LogP contribution in [0.1, 0.15) is 23.6 Å². The van der Waals surface area contributed by atoms with E-state index in [1.54, 1.807) is 18.5 Å². The van der Waals surface area contributed by atoms with Gasteiger partial charge in [0.2, 0.25) is 0 Å². The minimum absolute atomic E-state index is 0.0669. The summed E-state index contributed by atoms with van der Waals surface area (Å²) in [5.74, 6) is 0.533. The summed E-state index contributed by atoms with van der Waals surface area (Å²) >= 11 is 0. The molecular weight excluding hydrogens is 355 g/mol. The van der Waals surface area contributed by atoms with Crippen molar-refractivity contribution < 1.29 is 4.39 Å². The Labute approximate surface area is 162 Å². The quantitative estimate of drug-likeness (QED) is 0.705. The average Bonchev–Trinajstić information content (AvgIpc) is 2.71. The largest absolute Gasteiger partial charge is 0.311 e. The third-order valence-corrected chi connectivity index (χ3v) is 5.86. The number of benzene rings is 1. The molecule has 0 saturated carbocycles. The zero-order chi connectivity index (χ0) is 19.1. The van der Waals surface area contributed by atoms with E-state index in [0.29, 0.717) is 5.92 Å². The predicted molar refractivity (Wildman–Crippen MR) is 104 cm³/mol. The third kappa shape index (κ3) is 3.14. The van der Waals surface area contributed by atoms with E-state index in [1.165, 1.54) is 18.5 Å². The second-order valence-corrected chi connectivity index (χ2v) is 7.83. The first-order valence-electron chi connectivity index (χ1n) is 9.63. The normalized spacial score (nSPS) is 21.3. The predicted octanol–water partition coefficient (Wildman–Crippen LogP) is 3.06. The molecule has 5 rings (SSSR count). The molecule has 1 aromatic carbocycles. The Morgan fingerprint density at radius 2 is 1.79 bits per heavy atom. The van der Waals surface area contributed by atoms with Gasteiger partial charge in [0.1, 0.15) is 12.1 Å². The van der Waals surface area contributed by atoms with Crippen LogP contribution in [-0.4, -0.2) is 32.5 Å². The van der Waals surface area contributed by atoms with Gasteiger partial charge < -0.3 is 4.57 Å². The topological polar surface area (TPSA) is 51.0 Å². The van der Waals surface area contributed by atoms with Crippen molar-refractivity contribution in [3.63, 3.8) is 0 Å². The lowest BCUT2D eigenvalue weighted by atomic mass is 9.80. The van der Waals surface area contributed by atoms with Gasteiger partial charge in [-0.2, -0.15) is 0 Å². The Balaban J connectivity index is 1.49. The highest BCUT2D eigenvalue weighted by Gasteiger charge is 2.36. The van der Waals surface area contributed by atoms with E-state index in [1.807, 2.05) is 22.8 Å². The zero-order valence-corrected chi connectivity index (χ0v) is 15.5. The van der Waals surface area contributed by atoms with E-state index >= 15 is 0 Å². The van der Waals surface area contributed by atoms with Crippen LogP contribution in [0.3, 0.4) is 0 Å².